The molecule has 0 spiro atoms. The predicted octanol–water partition coefficient (Wildman–Crippen LogP) is 3.69. The van der Waals surface area contributed by atoms with Crippen LogP contribution in [-0.4, -0.2) is 29.3 Å². The molecule has 1 fully saturated rings. The molecule has 1 amide bonds. The van der Waals surface area contributed by atoms with Gasteiger partial charge in [-0.05, 0) is 25.3 Å². The van der Waals surface area contributed by atoms with Crippen LogP contribution in [0.1, 0.15) is 31.7 Å². The van der Waals surface area contributed by atoms with Crippen molar-refractivity contribution in [2.75, 3.05) is 7.11 Å². The topological polar surface area (TPSA) is 49.8 Å². The number of hydrogen-bond acceptors (Lipinski definition) is 2. The third-order valence-corrected chi connectivity index (χ3v) is 3.95. The molecule has 0 radical (unpaired) electrons. The fraction of sp³-hybridized carbons (Fsp3) is 0.500. The van der Waals surface area contributed by atoms with E-state index in [0.717, 1.165) is 12.8 Å². The van der Waals surface area contributed by atoms with Gasteiger partial charge in [-0.3, -0.25) is 4.90 Å². The van der Waals surface area contributed by atoms with Crippen LogP contribution in [0.25, 0.3) is 0 Å². The third kappa shape index (κ3) is 2.42. The maximum atomic E-state index is 11.6. The van der Waals surface area contributed by atoms with Gasteiger partial charge in [0.05, 0.1) is 0 Å². The number of halogens is 1. The molecule has 104 valence electrons. The number of rotatable bonds is 5. The van der Waals surface area contributed by atoms with Crippen LogP contribution in [0.2, 0.25) is 5.02 Å². The van der Waals surface area contributed by atoms with Crippen molar-refractivity contribution in [2.24, 2.45) is 0 Å². The summed E-state index contributed by atoms with van der Waals surface area (Å²) < 4.78 is 5.64. The van der Waals surface area contributed by atoms with E-state index in [9.17, 15) is 9.90 Å². The average Bonchev–Trinajstić information content (AvgIpc) is 3.20. The lowest BCUT2D eigenvalue weighted by Gasteiger charge is -2.41. The Hall–Kier alpha value is -1.26. The van der Waals surface area contributed by atoms with Gasteiger partial charge in [0.15, 0.2) is 5.72 Å². The van der Waals surface area contributed by atoms with Gasteiger partial charge >= 0.3 is 6.09 Å². The monoisotopic (exact) mass is 283 g/mol. The van der Waals surface area contributed by atoms with E-state index in [1.54, 1.807) is 6.07 Å². The predicted molar refractivity (Wildman–Crippen MR) is 73.3 cm³/mol. The largest absolute Gasteiger partial charge is 0.465 e. The first-order valence-electron chi connectivity index (χ1n) is 6.39. The van der Waals surface area contributed by atoms with Crippen LogP contribution in [-0.2, 0) is 10.5 Å². The first kappa shape index (κ1) is 14.2. The summed E-state index contributed by atoms with van der Waals surface area (Å²) in [5.41, 5.74) is -0.304. The molecule has 4 nitrogen and oxygen atoms in total. The Bertz CT molecular complexity index is 470. The van der Waals surface area contributed by atoms with E-state index in [1.165, 1.54) is 12.0 Å². The van der Waals surface area contributed by atoms with Crippen molar-refractivity contribution in [3.05, 3.63) is 34.9 Å². The average molecular weight is 284 g/mol. The molecule has 1 N–H and O–H groups in total. The number of carboxylic acid groups (broad SMARTS) is 1. The number of hydrogen-bond donors (Lipinski definition) is 1. The number of methoxy groups -OCH3 is 1. The zero-order chi connectivity index (χ0) is 14.0. The molecule has 0 saturated heterocycles. The second-order valence-electron chi connectivity index (χ2n) is 4.71. The van der Waals surface area contributed by atoms with E-state index in [0.29, 0.717) is 17.0 Å². The molecule has 19 heavy (non-hydrogen) atoms. The lowest BCUT2D eigenvalue weighted by molar-refractivity contribution is -0.134. The lowest BCUT2D eigenvalue weighted by atomic mass is 9.97. The molecule has 0 aromatic heterocycles. The molecule has 0 bridgehead atoms. The van der Waals surface area contributed by atoms with Crippen molar-refractivity contribution >= 4 is 17.7 Å². The van der Waals surface area contributed by atoms with Crippen LogP contribution in [0.5, 0.6) is 0 Å². The normalized spacial score (nSPS) is 17.8. The maximum Gasteiger partial charge on any atom is 0.410 e. The number of benzene rings is 1. The van der Waals surface area contributed by atoms with Gasteiger partial charge in [0.2, 0.25) is 0 Å². The quantitative estimate of drug-likeness (QED) is 0.839. The summed E-state index contributed by atoms with van der Waals surface area (Å²) in [6.07, 6.45) is 1.30. The zero-order valence-corrected chi connectivity index (χ0v) is 11.9. The molecule has 1 aliphatic carbocycles. The Morgan fingerprint density at radius 2 is 2.16 bits per heavy atom. The molecule has 1 aliphatic rings. The van der Waals surface area contributed by atoms with E-state index >= 15 is 0 Å². The van der Waals surface area contributed by atoms with Crippen LogP contribution in [0, 0.1) is 0 Å². The first-order valence-corrected chi connectivity index (χ1v) is 6.77. The van der Waals surface area contributed by atoms with E-state index in [1.807, 2.05) is 25.1 Å². The van der Waals surface area contributed by atoms with Crippen molar-refractivity contribution in [1.29, 1.82) is 0 Å². The molecule has 0 unspecified atom stereocenters. The van der Waals surface area contributed by atoms with Crippen molar-refractivity contribution < 1.29 is 14.6 Å². The van der Waals surface area contributed by atoms with Gasteiger partial charge in [-0.1, -0.05) is 36.7 Å². The molecular weight excluding hydrogens is 266 g/mol. The molecule has 1 saturated carbocycles. The second-order valence-corrected chi connectivity index (χ2v) is 5.11. The van der Waals surface area contributed by atoms with Gasteiger partial charge < -0.3 is 9.84 Å². The third-order valence-electron chi connectivity index (χ3n) is 3.62. The second kappa shape index (κ2) is 5.39. The Labute approximate surface area is 117 Å². The van der Waals surface area contributed by atoms with Crippen LogP contribution in [0.15, 0.2) is 24.3 Å². The van der Waals surface area contributed by atoms with Gasteiger partial charge in [-0.25, -0.2) is 4.79 Å². The Balaban J connectivity index is 2.53. The van der Waals surface area contributed by atoms with Crippen LogP contribution in [0.4, 0.5) is 4.79 Å². The van der Waals surface area contributed by atoms with Gasteiger partial charge in [-0.15, -0.1) is 0 Å². The molecule has 2 rings (SSSR count). The summed E-state index contributed by atoms with van der Waals surface area (Å²) in [5.74, 6) is 0. The molecule has 1 aromatic carbocycles. The Kier molecular flexibility index (Phi) is 4.02. The minimum atomic E-state index is -1.01. The van der Waals surface area contributed by atoms with Gasteiger partial charge in [-0.2, -0.15) is 0 Å². The molecule has 1 atom stereocenters. The van der Waals surface area contributed by atoms with E-state index in [4.69, 9.17) is 16.3 Å². The van der Waals surface area contributed by atoms with Gasteiger partial charge in [0.1, 0.15) is 0 Å². The summed E-state index contributed by atoms with van der Waals surface area (Å²) in [5, 5.41) is 10.1. The fourth-order valence-corrected chi connectivity index (χ4v) is 2.84. The fourth-order valence-electron chi connectivity index (χ4n) is 2.56. The highest BCUT2D eigenvalue weighted by Gasteiger charge is 2.48. The smallest absolute Gasteiger partial charge is 0.410 e. The highest BCUT2D eigenvalue weighted by molar-refractivity contribution is 6.31. The van der Waals surface area contributed by atoms with Crippen molar-refractivity contribution in [1.82, 2.24) is 4.90 Å². The highest BCUT2D eigenvalue weighted by Crippen LogP contribution is 2.43. The standard InChI is InChI=1S/C14H18ClNO3/c1-3-14(19-2,11-6-4-5-7-12(11)15)16(13(17)18)10-8-9-10/h4-7,10H,3,8-9H2,1-2H3,(H,17,18)/t14-/m1/s1. The van der Waals surface area contributed by atoms with Crippen molar-refractivity contribution in [2.45, 2.75) is 38.0 Å². The summed E-state index contributed by atoms with van der Waals surface area (Å²) in [4.78, 5) is 13.0. The van der Waals surface area contributed by atoms with Crippen molar-refractivity contribution in [3.63, 3.8) is 0 Å². The molecular formula is C14H18ClNO3. The van der Waals surface area contributed by atoms with Gasteiger partial charge in [0, 0.05) is 23.7 Å². The zero-order valence-electron chi connectivity index (χ0n) is 11.1. The van der Waals surface area contributed by atoms with Gasteiger partial charge in [0.25, 0.3) is 0 Å². The molecule has 5 heteroatoms. The Morgan fingerprint density at radius 1 is 1.53 bits per heavy atom. The summed E-state index contributed by atoms with van der Waals surface area (Å²) in [7, 11) is 1.53. The lowest BCUT2D eigenvalue weighted by Crippen LogP contribution is -2.51. The number of amides is 1. The number of nitrogens with zero attached hydrogens (tertiary/aromatic N) is 1. The summed E-state index contributed by atoms with van der Waals surface area (Å²) in [6.45, 7) is 1.91. The molecule has 0 aliphatic heterocycles. The Morgan fingerprint density at radius 3 is 2.58 bits per heavy atom. The summed E-state index contributed by atoms with van der Waals surface area (Å²) in [6, 6.07) is 7.27. The van der Waals surface area contributed by atoms with E-state index in [2.05, 4.69) is 0 Å². The van der Waals surface area contributed by atoms with E-state index < -0.39 is 11.8 Å². The molecule has 1 aromatic rings. The summed E-state index contributed by atoms with van der Waals surface area (Å²) >= 11 is 6.24. The van der Waals surface area contributed by atoms with Crippen LogP contribution in [0.3, 0.4) is 0 Å². The maximum absolute atomic E-state index is 11.6. The highest BCUT2D eigenvalue weighted by atomic mass is 35.5. The SMILES string of the molecule is CC[C@@](OC)(c1ccccc1Cl)N(C(=O)O)C1CC1. The van der Waals surface area contributed by atoms with Crippen LogP contribution >= 0.6 is 11.6 Å². The van der Waals surface area contributed by atoms with E-state index in [-0.39, 0.29) is 6.04 Å². The van der Waals surface area contributed by atoms with Crippen LogP contribution < -0.4 is 0 Å². The number of carbonyl (C=O) groups is 1. The molecule has 0 heterocycles. The number of ether oxygens (including phenoxy) is 1. The first-order chi connectivity index (χ1) is 9.06. The van der Waals surface area contributed by atoms with Crippen molar-refractivity contribution in [3.8, 4) is 0 Å². The minimum absolute atomic E-state index is 0.0219. The minimum Gasteiger partial charge on any atom is -0.465 e.